The summed E-state index contributed by atoms with van der Waals surface area (Å²) in [5, 5.41) is 14.2. The van der Waals surface area contributed by atoms with Crippen molar-refractivity contribution in [1.82, 2.24) is 5.32 Å². The van der Waals surface area contributed by atoms with Gasteiger partial charge in [0.1, 0.15) is 11.3 Å². The third-order valence-corrected chi connectivity index (χ3v) is 4.29. The quantitative estimate of drug-likeness (QED) is 0.744. The molecule has 1 aromatic carbocycles. The molecular formula is C19H22NO6-. The average molecular weight is 360 g/mol. The molecule has 26 heavy (non-hydrogen) atoms. The molecule has 0 bridgehead atoms. The number of ether oxygens (including phenoxy) is 1. The van der Waals surface area contributed by atoms with Gasteiger partial charge in [-0.25, -0.2) is 4.79 Å². The van der Waals surface area contributed by atoms with Crippen molar-refractivity contribution in [3.63, 3.8) is 0 Å². The van der Waals surface area contributed by atoms with E-state index in [-0.39, 0.29) is 6.42 Å². The van der Waals surface area contributed by atoms with Crippen LogP contribution in [0.1, 0.15) is 37.8 Å². The molecule has 2 aromatic rings. The molecule has 0 aliphatic carbocycles. The minimum atomic E-state index is -1.33. The minimum absolute atomic E-state index is 0.278. The zero-order valence-corrected chi connectivity index (χ0v) is 15.3. The summed E-state index contributed by atoms with van der Waals surface area (Å²) in [5.74, 6) is -1.55. The molecule has 1 heterocycles. The van der Waals surface area contributed by atoms with Crippen LogP contribution in [0.15, 0.2) is 27.4 Å². The Morgan fingerprint density at radius 3 is 2.58 bits per heavy atom. The number of benzene rings is 1. The van der Waals surface area contributed by atoms with Gasteiger partial charge in [-0.3, -0.25) is 4.79 Å². The van der Waals surface area contributed by atoms with E-state index in [0.29, 0.717) is 23.3 Å². The largest absolute Gasteiger partial charge is 0.548 e. The summed E-state index contributed by atoms with van der Waals surface area (Å²) in [6.07, 6.45) is -0.0542. The van der Waals surface area contributed by atoms with E-state index in [1.54, 1.807) is 19.1 Å². The number of hydrogen-bond acceptors (Lipinski definition) is 6. The van der Waals surface area contributed by atoms with Gasteiger partial charge in [-0.05, 0) is 44.9 Å². The van der Waals surface area contributed by atoms with Crippen molar-refractivity contribution in [2.75, 3.05) is 0 Å². The molecule has 1 amide bonds. The van der Waals surface area contributed by atoms with Crippen LogP contribution in [0.4, 0.5) is 0 Å². The van der Waals surface area contributed by atoms with Crippen LogP contribution in [0.5, 0.6) is 5.75 Å². The van der Waals surface area contributed by atoms with Gasteiger partial charge in [-0.15, -0.1) is 0 Å². The molecule has 0 radical (unpaired) electrons. The zero-order chi connectivity index (χ0) is 19.4. The van der Waals surface area contributed by atoms with Gasteiger partial charge in [-0.1, -0.05) is 13.3 Å². The third kappa shape index (κ3) is 4.22. The molecule has 1 aromatic heterocycles. The Morgan fingerprint density at radius 1 is 1.27 bits per heavy atom. The van der Waals surface area contributed by atoms with E-state index in [4.69, 9.17) is 9.15 Å². The summed E-state index contributed by atoms with van der Waals surface area (Å²) in [4.78, 5) is 35.0. The van der Waals surface area contributed by atoms with E-state index in [1.807, 2.05) is 13.8 Å². The molecule has 2 atom stereocenters. The second-order valence-corrected chi connectivity index (χ2v) is 6.23. The van der Waals surface area contributed by atoms with Gasteiger partial charge in [0, 0.05) is 17.0 Å². The van der Waals surface area contributed by atoms with Gasteiger partial charge < -0.3 is 24.4 Å². The minimum Gasteiger partial charge on any atom is -0.548 e. The van der Waals surface area contributed by atoms with Crippen LogP contribution < -0.4 is 20.8 Å². The molecule has 2 rings (SSSR count). The number of fused-ring (bicyclic) bond motifs is 1. The van der Waals surface area contributed by atoms with Crippen molar-refractivity contribution in [3.05, 3.63) is 39.7 Å². The average Bonchev–Trinajstić information content (AvgIpc) is 2.59. The SMILES string of the molecule is CCC[C@H](NC(=O)[C@@H](C)Oc1ccc2c(C)c(C)c(=O)oc2c1)C(=O)[O-]. The summed E-state index contributed by atoms with van der Waals surface area (Å²) in [6.45, 7) is 6.85. The number of amides is 1. The maximum absolute atomic E-state index is 12.2. The number of aliphatic carboxylic acids is 1. The molecular weight excluding hydrogens is 338 g/mol. The Bertz CT molecular complexity index is 885. The van der Waals surface area contributed by atoms with Gasteiger partial charge in [-0.2, -0.15) is 0 Å². The maximum atomic E-state index is 12.2. The topological polar surface area (TPSA) is 109 Å². The molecule has 140 valence electrons. The molecule has 0 saturated carbocycles. The van der Waals surface area contributed by atoms with Gasteiger partial charge in [0.05, 0.1) is 12.0 Å². The van der Waals surface area contributed by atoms with Gasteiger partial charge >= 0.3 is 5.63 Å². The lowest BCUT2D eigenvalue weighted by molar-refractivity contribution is -0.308. The van der Waals surface area contributed by atoms with Crippen LogP contribution in [0.2, 0.25) is 0 Å². The van der Waals surface area contributed by atoms with Crippen molar-refractivity contribution in [2.24, 2.45) is 0 Å². The zero-order valence-electron chi connectivity index (χ0n) is 15.3. The fourth-order valence-electron chi connectivity index (χ4n) is 2.59. The van der Waals surface area contributed by atoms with E-state index < -0.39 is 29.6 Å². The van der Waals surface area contributed by atoms with Crippen LogP contribution >= 0.6 is 0 Å². The number of carbonyl (C=O) groups is 2. The molecule has 0 spiro atoms. The summed E-state index contributed by atoms with van der Waals surface area (Å²) < 4.78 is 10.8. The number of aryl methyl sites for hydroxylation is 1. The third-order valence-electron chi connectivity index (χ3n) is 4.29. The molecule has 0 aliphatic rings. The van der Waals surface area contributed by atoms with E-state index in [2.05, 4.69) is 5.32 Å². The standard InChI is InChI=1S/C19H23NO6/c1-5-6-15(18(22)23)20-17(21)12(4)25-13-7-8-14-10(2)11(3)19(24)26-16(14)9-13/h7-9,12,15H,5-6H2,1-4H3,(H,20,21)(H,22,23)/p-1/t12-,15+/m1/s1. The van der Waals surface area contributed by atoms with Gasteiger partial charge in [0.2, 0.25) is 0 Å². The molecule has 7 nitrogen and oxygen atoms in total. The number of nitrogens with one attached hydrogen (secondary N) is 1. The molecule has 0 unspecified atom stereocenters. The smallest absolute Gasteiger partial charge is 0.339 e. The monoisotopic (exact) mass is 360 g/mol. The number of rotatable bonds is 7. The van der Waals surface area contributed by atoms with E-state index in [0.717, 1.165) is 10.9 Å². The summed E-state index contributed by atoms with van der Waals surface area (Å²) in [7, 11) is 0. The second-order valence-electron chi connectivity index (χ2n) is 6.23. The maximum Gasteiger partial charge on any atom is 0.339 e. The number of hydrogen-bond donors (Lipinski definition) is 1. The summed E-state index contributed by atoms with van der Waals surface area (Å²) >= 11 is 0. The van der Waals surface area contributed by atoms with Crippen molar-refractivity contribution in [1.29, 1.82) is 0 Å². The first kappa shape index (κ1) is 19.5. The van der Waals surface area contributed by atoms with Gasteiger partial charge in [0.25, 0.3) is 5.91 Å². The molecule has 0 aliphatic heterocycles. The molecule has 0 saturated heterocycles. The fraction of sp³-hybridized carbons (Fsp3) is 0.421. The highest BCUT2D eigenvalue weighted by molar-refractivity contribution is 5.86. The lowest BCUT2D eigenvalue weighted by atomic mass is 10.1. The predicted molar refractivity (Wildman–Crippen MR) is 93.9 cm³/mol. The summed E-state index contributed by atoms with van der Waals surface area (Å²) in [6, 6.07) is 3.90. The fourth-order valence-corrected chi connectivity index (χ4v) is 2.59. The Balaban J connectivity index is 2.17. The van der Waals surface area contributed by atoms with Gasteiger partial charge in [0.15, 0.2) is 6.10 Å². The van der Waals surface area contributed by atoms with Crippen LogP contribution in [0.3, 0.4) is 0 Å². The van der Waals surface area contributed by atoms with Crippen molar-refractivity contribution >= 4 is 22.8 Å². The lowest BCUT2D eigenvalue weighted by Gasteiger charge is -2.22. The summed E-state index contributed by atoms with van der Waals surface area (Å²) in [5.41, 5.74) is 1.31. The molecule has 7 heteroatoms. The van der Waals surface area contributed by atoms with E-state index in [1.165, 1.54) is 13.0 Å². The van der Waals surface area contributed by atoms with Crippen molar-refractivity contribution < 1.29 is 23.8 Å². The number of carboxylic acids is 1. The highest BCUT2D eigenvalue weighted by Crippen LogP contribution is 2.24. The Labute approximate surface area is 151 Å². The molecule has 0 fully saturated rings. The Morgan fingerprint density at radius 2 is 1.96 bits per heavy atom. The second kappa shape index (κ2) is 8.03. The van der Waals surface area contributed by atoms with Crippen LogP contribution in [0, 0.1) is 13.8 Å². The Kier molecular flexibility index (Phi) is 6.02. The first-order valence-corrected chi connectivity index (χ1v) is 8.46. The first-order chi connectivity index (χ1) is 12.2. The Hall–Kier alpha value is -2.83. The highest BCUT2D eigenvalue weighted by Gasteiger charge is 2.20. The predicted octanol–water partition coefficient (Wildman–Crippen LogP) is 1.21. The highest BCUT2D eigenvalue weighted by atomic mass is 16.5. The van der Waals surface area contributed by atoms with Crippen LogP contribution in [-0.2, 0) is 9.59 Å². The first-order valence-electron chi connectivity index (χ1n) is 8.46. The number of carboxylic acid groups (broad SMARTS) is 1. The van der Waals surface area contributed by atoms with Crippen molar-refractivity contribution in [3.8, 4) is 5.75 Å². The lowest BCUT2D eigenvalue weighted by Crippen LogP contribution is -2.51. The van der Waals surface area contributed by atoms with Crippen molar-refractivity contribution in [2.45, 2.75) is 52.7 Å². The van der Waals surface area contributed by atoms with Crippen LogP contribution in [-0.4, -0.2) is 24.0 Å². The van der Waals surface area contributed by atoms with Crippen LogP contribution in [0.25, 0.3) is 11.0 Å². The van der Waals surface area contributed by atoms with E-state index >= 15 is 0 Å². The van der Waals surface area contributed by atoms with E-state index in [9.17, 15) is 19.5 Å². The molecule has 1 N–H and O–H groups in total. The number of carbonyl (C=O) groups excluding carboxylic acids is 2. The normalized spacial score (nSPS) is 13.2.